The molecule has 0 spiro atoms. The van der Waals surface area contributed by atoms with E-state index in [9.17, 15) is 4.79 Å². The molecular weight excluding hydrogens is 298 g/mol. The summed E-state index contributed by atoms with van der Waals surface area (Å²) in [5, 5.41) is 4.95. The summed E-state index contributed by atoms with van der Waals surface area (Å²) < 4.78 is 5.44. The highest BCUT2D eigenvalue weighted by atomic mass is 32.2. The van der Waals surface area contributed by atoms with Crippen LogP contribution in [0.15, 0.2) is 27.8 Å². The zero-order chi connectivity index (χ0) is 15.1. The minimum atomic E-state index is -0.0962. The van der Waals surface area contributed by atoms with Gasteiger partial charge in [-0.3, -0.25) is 4.79 Å². The quantitative estimate of drug-likeness (QED) is 0.881. The Labute approximate surface area is 133 Å². The van der Waals surface area contributed by atoms with Crippen LogP contribution >= 0.6 is 11.8 Å². The van der Waals surface area contributed by atoms with Crippen LogP contribution in [0.1, 0.15) is 23.3 Å². The second-order valence-electron chi connectivity index (χ2n) is 6.17. The summed E-state index contributed by atoms with van der Waals surface area (Å²) in [7, 11) is 0. The van der Waals surface area contributed by atoms with Gasteiger partial charge in [-0.1, -0.05) is 0 Å². The number of rotatable bonds is 3. The Bertz CT molecular complexity index is 702. The van der Waals surface area contributed by atoms with Crippen LogP contribution in [0.3, 0.4) is 0 Å². The third kappa shape index (κ3) is 2.50. The Morgan fingerprint density at radius 3 is 3.23 bits per heavy atom. The van der Waals surface area contributed by atoms with Crippen LogP contribution in [0.4, 0.5) is 0 Å². The molecule has 2 bridgehead atoms. The molecule has 0 saturated carbocycles. The highest BCUT2D eigenvalue weighted by Crippen LogP contribution is 2.28. The van der Waals surface area contributed by atoms with E-state index in [2.05, 4.69) is 15.2 Å². The molecule has 2 aliphatic rings. The van der Waals surface area contributed by atoms with Gasteiger partial charge in [-0.05, 0) is 37.6 Å². The molecule has 4 heterocycles. The zero-order valence-corrected chi connectivity index (χ0v) is 13.4. The number of hydrogen-bond acceptors (Lipinski definition) is 5. The second kappa shape index (κ2) is 5.59. The third-order valence-electron chi connectivity index (χ3n) is 4.64. The average molecular weight is 317 g/mol. The third-order valence-corrected chi connectivity index (χ3v) is 5.34. The predicted molar refractivity (Wildman–Crippen MR) is 86.2 cm³/mol. The minimum Gasteiger partial charge on any atom is -0.464 e. The summed E-state index contributed by atoms with van der Waals surface area (Å²) >= 11 is 1.53. The summed E-state index contributed by atoms with van der Waals surface area (Å²) in [6.07, 6.45) is 5.95. The maximum Gasteiger partial charge on any atom is 0.270 e. The summed E-state index contributed by atoms with van der Waals surface area (Å²) in [5.74, 6) is 0.641. The van der Waals surface area contributed by atoms with Gasteiger partial charge in [0.25, 0.3) is 5.91 Å². The summed E-state index contributed by atoms with van der Waals surface area (Å²) in [6, 6.07) is 3.87. The van der Waals surface area contributed by atoms with Crippen molar-refractivity contribution in [1.29, 1.82) is 0 Å². The molecule has 2 fully saturated rings. The van der Waals surface area contributed by atoms with E-state index in [1.54, 1.807) is 12.3 Å². The van der Waals surface area contributed by atoms with Crippen LogP contribution in [0, 0.1) is 5.92 Å². The van der Waals surface area contributed by atoms with Crippen molar-refractivity contribution in [2.75, 3.05) is 25.9 Å². The molecule has 0 radical (unpaired) electrons. The fourth-order valence-corrected chi connectivity index (χ4v) is 4.21. The van der Waals surface area contributed by atoms with Crippen molar-refractivity contribution in [3.8, 4) is 0 Å². The monoisotopic (exact) mass is 317 g/mol. The molecule has 0 aromatic carbocycles. The number of aromatic nitrogens is 1. The van der Waals surface area contributed by atoms with Crippen LogP contribution in [-0.4, -0.2) is 47.7 Å². The van der Waals surface area contributed by atoms with Crippen LogP contribution in [-0.2, 0) is 0 Å². The predicted octanol–water partition coefficient (Wildman–Crippen LogP) is 2.37. The number of amides is 1. The SMILES string of the molecule is CSc1nc(C(=O)NC2CC3CCN(C3)C2)cc2occc12. The first kappa shape index (κ1) is 14.1. The molecule has 6 heteroatoms. The molecule has 22 heavy (non-hydrogen) atoms. The maximum atomic E-state index is 12.5. The Morgan fingerprint density at radius 2 is 2.41 bits per heavy atom. The first-order valence-corrected chi connectivity index (χ1v) is 8.91. The lowest BCUT2D eigenvalue weighted by Gasteiger charge is -2.30. The molecule has 1 N–H and O–H groups in total. The zero-order valence-electron chi connectivity index (χ0n) is 12.5. The molecule has 3 unspecified atom stereocenters. The second-order valence-corrected chi connectivity index (χ2v) is 6.96. The van der Waals surface area contributed by atoms with Crippen molar-refractivity contribution in [2.24, 2.45) is 5.92 Å². The largest absolute Gasteiger partial charge is 0.464 e. The number of furan rings is 1. The number of piperidine rings is 1. The van der Waals surface area contributed by atoms with Crippen molar-refractivity contribution in [3.63, 3.8) is 0 Å². The highest BCUT2D eigenvalue weighted by molar-refractivity contribution is 7.98. The number of carbonyl (C=O) groups is 1. The van der Waals surface area contributed by atoms with Gasteiger partial charge >= 0.3 is 0 Å². The van der Waals surface area contributed by atoms with Crippen molar-refractivity contribution < 1.29 is 9.21 Å². The molecule has 2 aromatic heterocycles. The number of pyridine rings is 1. The lowest BCUT2D eigenvalue weighted by Crippen LogP contribution is -2.47. The normalized spacial score (nSPS) is 27.2. The molecule has 0 aliphatic carbocycles. The standard InChI is InChI=1S/C16H19N3O2S/c1-22-16-12-3-5-21-14(12)7-13(18-16)15(20)17-11-6-10-2-4-19(8-10)9-11/h3,5,7,10-11H,2,4,6,8-9H2,1H3,(H,17,20). The van der Waals surface area contributed by atoms with Crippen molar-refractivity contribution in [3.05, 3.63) is 24.1 Å². The Kier molecular flexibility index (Phi) is 3.58. The van der Waals surface area contributed by atoms with Gasteiger partial charge in [0.15, 0.2) is 0 Å². The van der Waals surface area contributed by atoms with E-state index in [-0.39, 0.29) is 11.9 Å². The molecule has 2 aliphatic heterocycles. The number of fused-ring (bicyclic) bond motifs is 3. The molecule has 116 valence electrons. The van der Waals surface area contributed by atoms with Gasteiger partial charge in [0, 0.05) is 25.2 Å². The average Bonchev–Trinajstić information content (AvgIpc) is 3.12. The van der Waals surface area contributed by atoms with Gasteiger partial charge < -0.3 is 14.6 Å². The number of nitrogens with zero attached hydrogens (tertiary/aromatic N) is 2. The molecule has 2 aromatic rings. The van der Waals surface area contributed by atoms with Gasteiger partial charge in [0.1, 0.15) is 16.3 Å². The summed E-state index contributed by atoms with van der Waals surface area (Å²) in [4.78, 5) is 19.5. The van der Waals surface area contributed by atoms with Crippen LogP contribution in [0.2, 0.25) is 0 Å². The Balaban J connectivity index is 1.55. The Hall–Kier alpha value is -1.53. The van der Waals surface area contributed by atoms with E-state index in [0.29, 0.717) is 5.69 Å². The summed E-state index contributed by atoms with van der Waals surface area (Å²) in [5.41, 5.74) is 1.16. The summed E-state index contributed by atoms with van der Waals surface area (Å²) in [6.45, 7) is 3.32. The van der Waals surface area contributed by atoms with E-state index in [1.165, 1.54) is 31.3 Å². The highest BCUT2D eigenvalue weighted by Gasteiger charge is 2.33. The minimum absolute atomic E-state index is 0.0962. The molecule has 5 nitrogen and oxygen atoms in total. The lowest BCUT2D eigenvalue weighted by atomic mass is 9.97. The van der Waals surface area contributed by atoms with Gasteiger partial charge in [0.2, 0.25) is 0 Å². The van der Waals surface area contributed by atoms with Gasteiger partial charge in [-0.15, -0.1) is 11.8 Å². The first-order valence-electron chi connectivity index (χ1n) is 7.68. The van der Waals surface area contributed by atoms with Crippen LogP contribution in [0.5, 0.6) is 0 Å². The lowest BCUT2D eigenvalue weighted by molar-refractivity contribution is 0.0904. The van der Waals surface area contributed by atoms with E-state index < -0.39 is 0 Å². The van der Waals surface area contributed by atoms with Gasteiger partial charge in [-0.25, -0.2) is 4.98 Å². The van der Waals surface area contributed by atoms with Crippen LogP contribution < -0.4 is 5.32 Å². The van der Waals surface area contributed by atoms with Crippen molar-refractivity contribution >= 4 is 28.6 Å². The van der Waals surface area contributed by atoms with E-state index >= 15 is 0 Å². The Morgan fingerprint density at radius 1 is 1.50 bits per heavy atom. The molecule has 1 amide bonds. The van der Waals surface area contributed by atoms with Crippen LogP contribution in [0.25, 0.3) is 11.0 Å². The van der Waals surface area contributed by atoms with Gasteiger partial charge in [-0.2, -0.15) is 0 Å². The molecular formula is C16H19N3O2S. The maximum absolute atomic E-state index is 12.5. The molecule has 2 saturated heterocycles. The molecule has 3 atom stereocenters. The number of hydrogen-bond donors (Lipinski definition) is 1. The number of carbonyl (C=O) groups excluding carboxylic acids is 1. The fourth-order valence-electron chi connectivity index (χ4n) is 3.63. The number of nitrogens with one attached hydrogen (secondary N) is 1. The van der Waals surface area contributed by atoms with Crippen molar-refractivity contribution in [1.82, 2.24) is 15.2 Å². The molecule has 4 rings (SSSR count). The van der Waals surface area contributed by atoms with E-state index in [4.69, 9.17) is 4.42 Å². The van der Waals surface area contributed by atoms with E-state index in [0.717, 1.165) is 34.9 Å². The fraction of sp³-hybridized carbons (Fsp3) is 0.500. The topological polar surface area (TPSA) is 58.4 Å². The van der Waals surface area contributed by atoms with Gasteiger partial charge in [0.05, 0.1) is 11.6 Å². The smallest absolute Gasteiger partial charge is 0.270 e. The van der Waals surface area contributed by atoms with Crippen molar-refractivity contribution in [2.45, 2.75) is 23.9 Å². The number of thioether (sulfide) groups is 1. The van der Waals surface area contributed by atoms with E-state index in [1.807, 2.05) is 12.3 Å². The first-order chi connectivity index (χ1) is 10.7.